The zero-order valence-electron chi connectivity index (χ0n) is 20.5. The molecule has 2 aliphatic heterocycles. The molecule has 0 unspecified atom stereocenters. The summed E-state index contributed by atoms with van der Waals surface area (Å²) < 4.78 is 19.4. The first-order valence-electron chi connectivity index (χ1n) is 12.5. The quantitative estimate of drug-likeness (QED) is 0.202. The lowest BCUT2D eigenvalue weighted by Crippen LogP contribution is -2.57. The number of ether oxygens (including phenoxy) is 2. The number of thiophene rings is 2. The van der Waals surface area contributed by atoms with Crippen LogP contribution in [0.2, 0.25) is 0 Å². The van der Waals surface area contributed by atoms with E-state index in [0.29, 0.717) is 0 Å². The number of rotatable bonds is 0. The average molecular weight is 513 g/mol. The predicted octanol–water partition coefficient (Wildman–Crippen LogP) is 7.11. The molecule has 2 aliphatic rings. The summed E-state index contributed by atoms with van der Waals surface area (Å²) in [6.07, 6.45) is 2.15. The highest BCUT2D eigenvalue weighted by Gasteiger charge is 2.41. The lowest BCUT2D eigenvalue weighted by atomic mass is 9.34. The molecule has 0 atom stereocenters. The fourth-order valence-corrected chi connectivity index (χ4v) is 8.66. The second-order valence-corrected chi connectivity index (χ2v) is 12.4. The third-order valence-electron chi connectivity index (χ3n) is 8.15. The minimum Gasteiger partial charge on any atom is -0.458 e. The van der Waals surface area contributed by atoms with Crippen molar-refractivity contribution in [3.63, 3.8) is 0 Å². The second kappa shape index (κ2) is 6.77. The molecule has 0 radical (unpaired) electrons. The summed E-state index contributed by atoms with van der Waals surface area (Å²) in [5.74, 6) is 3.74. The van der Waals surface area contributed by atoms with Gasteiger partial charge in [0, 0.05) is 54.4 Å². The third-order valence-corrected chi connectivity index (χ3v) is 10.7. The fraction of sp³-hybridized carbons (Fsp3) is 0.0968. The van der Waals surface area contributed by atoms with Gasteiger partial charge in [-0.25, -0.2) is 0 Å². The molecule has 4 aromatic carbocycles. The maximum Gasteiger partial charge on any atom is 0.260 e. The molecule has 9 rings (SSSR count). The molecule has 0 N–H and O–H groups in total. The molecular formula is C31H20BNO2S2. The first-order valence-corrected chi connectivity index (χ1v) is 14.1. The van der Waals surface area contributed by atoms with Crippen molar-refractivity contribution in [1.29, 1.82) is 0 Å². The smallest absolute Gasteiger partial charge is 0.260 e. The first-order chi connectivity index (χ1) is 18.0. The standard InChI is InChI=1S/C31H20BNO2S2/c1-15-7-8-23-28-29(15)35-25-14-27-20(18-9-10-33(3)31(18)37-27)12-22(25)32(28)21-11-19-17-6-4-5-16(2)30(17)36-26(19)13-24(21)34-23/h4-14H,1-3H3. The summed E-state index contributed by atoms with van der Waals surface area (Å²) in [4.78, 5) is 1.29. The third kappa shape index (κ3) is 2.52. The Kier molecular flexibility index (Phi) is 3.72. The largest absolute Gasteiger partial charge is 0.458 e. The molecule has 0 saturated heterocycles. The Morgan fingerprint density at radius 1 is 0.703 bits per heavy atom. The van der Waals surface area contributed by atoms with E-state index in [1.165, 1.54) is 57.0 Å². The van der Waals surface area contributed by atoms with Crippen LogP contribution in [0.25, 0.3) is 40.5 Å². The number of aryl methyl sites for hydroxylation is 3. The Labute approximate surface area is 221 Å². The van der Waals surface area contributed by atoms with E-state index in [0.717, 1.165) is 34.0 Å². The van der Waals surface area contributed by atoms with E-state index < -0.39 is 0 Å². The minimum absolute atomic E-state index is 0.0598. The molecule has 6 heteroatoms. The number of hydrogen-bond acceptors (Lipinski definition) is 4. The fourth-order valence-electron chi connectivity index (χ4n) is 6.33. The summed E-state index contributed by atoms with van der Waals surface area (Å²) >= 11 is 3.69. The van der Waals surface area contributed by atoms with Gasteiger partial charge in [-0.05, 0) is 60.2 Å². The maximum absolute atomic E-state index is 6.66. The Morgan fingerprint density at radius 3 is 2.30 bits per heavy atom. The van der Waals surface area contributed by atoms with Crippen molar-refractivity contribution in [3.8, 4) is 23.0 Å². The van der Waals surface area contributed by atoms with Gasteiger partial charge in [0.1, 0.15) is 27.8 Å². The van der Waals surface area contributed by atoms with Crippen molar-refractivity contribution in [2.45, 2.75) is 13.8 Å². The van der Waals surface area contributed by atoms with Crippen molar-refractivity contribution in [2.24, 2.45) is 7.05 Å². The van der Waals surface area contributed by atoms with Gasteiger partial charge in [-0.2, -0.15) is 0 Å². The Hall–Kier alpha value is -3.74. The van der Waals surface area contributed by atoms with Gasteiger partial charge >= 0.3 is 0 Å². The van der Waals surface area contributed by atoms with E-state index in [9.17, 15) is 0 Å². The topological polar surface area (TPSA) is 23.4 Å². The highest BCUT2D eigenvalue weighted by Crippen LogP contribution is 2.43. The van der Waals surface area contributed by atoms with Gasteiger partial charge in [0.15, 0.2) is 0 Å². The van der Waals surface area contributed by atoms with Crippen LogP contribution in [0.4, 0.5) is 0 Å². The van der Waals surface area contributed by atoms with Crippen LogP contribution in [0.1, 0.15) is 11.1 Å². The summed E-state index contributed by atoms with van der Waals surface area (Å²) in [5.41, 5.74) is 6.04. The van der Waals surface area contributed by atoms with Crippen LogP contribution >= 0.6 is 22.7 Å². The van der Waals surface area contributed by atoms with Gasteiger partial charge in [-0.15, -0.1) is 22.7 Å². The summed E-state index contributed by atoms with van der Waals surface area (Å²) in [5, 5.41) is 5.23. The normalized spacial score (nSPS) is 13.6. The maximum atomic E-state index is 6.66. The molecule has 7 aromatic rings. The number of benzene rings is 4. The molecule has 0 saturated carbocycles. The van der Waals surface area contributed by atoms with Crippen LogP contribution in [-0.4, -0.2) is 11.3 Å². The molecule has 3 aromatic heterocycles. The molecular weight excluding hydrogens is 493 g/mol. The summed E-state index contributed by atoms with van der Waals surface area (Å²) in [6, 6.07) is 22.3. The molecule has 5 heterocycles. The van der Waals surface area contributed by atoms with E-state index in [2.05, 4.69) is 92.3 Å². The van der Waals surface area contributed by atoms with Crippen molar-refractivity contribution in [1.82, 2.24) is 4.57 Å². The van der Waals surface area contributed by atoms with Crippen LogP contribution in [0.5, 0.6) is 23.0 Å². The van der Waals surface area contributed by atoms with Crippen LogP contribution in [0.15, 0.2) is 66.9 Å². The molecule has 0 bridgehead atoms. The van der Waals surface area contributed by atoms with Crippen molar-refractivity contribution < 1.29 is 9.47 Å². The Bertz CT molecular complexity index is 2150. The van der Waals surface area contributed by atoms with Gasteiger partial charge in [-0.3, -0.25) is 0 Å². The number of aromatic nitrogens is 1. The highest BCUT2D eigenvalue weighted by molar-refractivity contribution is 7.26. The van der Waals surface area contributed by atoms with Gasteiger partial charge in [0.25, 0.3) is 6.71 Å². The van der Waals surface area contributed by atoms with E-state index in [-0.39, 0.29) is 6.71 Å². The predicted molar refractivity (Wildman–Crippen MR) is 158 cm³/mol. The number of nitrogens with zero attached hydrogens (tertiary/aromatic N) is 1. The van der Waals surface area contributed by atoms with Crippen molar-refractivity contribution in [2.75, 3.05) is 0 Å². The van der Waals surface area contributed by atoms with Crippen LogP contribution in [0, 0.1) is 13.8 Å². The molecule has 176 valence electrons. The summed E-state index contributed by atoms with van der Waals surface area (Å²) in [7, 11) is 2.12. The Balaban J connectivity index is 1.39. The minimum atomic E-state index is 0.0598. The van der Waals surface area contributed by atoms with Gasteiger partial charge in [0.2, 0.25) is 0 Å². The molecule has 0 amide bonds. The monoisotopic (exact) mass is 513 g/mol. The zero-order valence-corrected chi connectivity index (χ0v) is 22.1. The molecule has 37 heavy (non-hydrogen) atoms. The van der Waals surface area contributed by atoms with Gasteiger partial charge in [0.05, 0.1) is 0 Å². The van der Waals surface area contributed by atoms with Crippen molar-refractivity contribution in [3.05, 3.63) is 78.0 Å². The zero-order chi connectivity index (χ0) is 24.6. The van der Waals surface area contributed by atoms with E-state index in [4.69, 9.17) is 9.47 Å². The van der Waals surface area contributed by atoms with E-state index in [1.807, 2.05) is 22.7 Å². The SMILES string of the molecule is Cc1ccc2c3c1Oc1cc4sc5c(ccn5C)c4cc1B3c1cc3c(cc1O2)sc1c(C)cccc13. The second-order valence-electron chi connectivity index (χ2n) is 10.3. The van der Waals surface area contributed by atoms with Gasteiger partial charge in [-0.1, -0.05) is 36.4 Å². The van der Waals surface area contributed by atoms with Gasteiger partial charge < -0.3 is 14.0 Å². The van der Waals surface area contributed by atoms with Crippen LogP contribution in [-0.2, 0) is 7.05 Å². The number of hydrogen-bond donors (Lipinski definition) is 0. The summed E-state index contributed by atoms with van der Waals surface area (Å²) in [6.45, 7) is 4.39. The highest BCUT2D eigenvalue weighted by atomic mass is 32.1. The average Bonchev–Trinajstić information content (AvgIpc) is 3.56. The van der Waals surface area contributed by atoms with E-state index >= 15 is 0 Å². The van der Waals surface area contributed by atoms with Crippen LogP contribution in [0.3, 0.4) is 0 Å². The lowest BCUT2D eigenvalue weighted by Gasteiger charge is -2.33. The van der Waals surface area contributed by atoms with Crippen LogP contribution < -0.4 is 25.9 Å². The van der Waals surface area contributed by atoms with Crippen molar-refractivity contribution >= 4 is 86.2 Å². The lowest BCUT2D eigenvalue weighted by molar-refractivity contribution is 0.463. The number of fused-ring (bicyclic) bond motifs is 10. The molecule has 0 aliphatic carbocycles. The first kappa shape index (κ1) is 20.3. The molecule has 0 spiro atoms. The molecule has 0 fully saturated rings. The van der Waals surface area contributed by atoms with E-state index in [1.54, 1.807) is 0 Å². The Morgan fingerprint density at radius 2 is 1.46 bits per heavy atom. The molecule has 3 nitrogen and oxygen atoms in total.